The molecule has 0 amide bonds. The summed E-state index contributed by atoms with van der Waals surface area (Å²) in [5, 5.41) is 0. The molecule has 0 bridgehead atoms. The molecule has 0 aromatic heterocycles. The van der Waals surface area contributed by atoms with Gasteiger partial charge in [-0.25, -0.2) is 0 Å². The molecule has 7 aromatic carbocycles. The van der Waals surface area contributed by atoms with Gasteiger partial charge in [-0.3, -0.25) is 0 Å². The van der Waals surface area contributed by atoms with Gasteiger partial charge >= 0.3 is 0 Å². The van der Waals surface area contributed by atoms with E-state index in [2.05, 4.69) is 194 Å². The maximum atomic E-state index is 2.47. The first-order chi connectivity index (χ1) is 22.8. The molecule has 0 nitrogen and oxygen atoms in total. The molecule has 0 radical (unpaired) electrons. The van der Waals surface area contributed by atoms with Gasteiger partial charge in [0, 0.05) is 0 Å². The molecule has 0 atom stereocenters. The summed E-state index contributed by atoms with van der Waals surface area (Å²) in [6, 6.07) is 71.4. The lowest BCUT2D eigenvalue weighted by Crippen LogP contribution is -2.75. The lowest BCUT2D eigenvalue weighted by atomic mass is 9.12. The van der Waals surface area contributed by atoms with Crippen LogP contribution in [0.4, 0.5) is 0 Å². The fourth-order valence-electron chi connectivity index (χ4n) is 7.52. The zero-order chi connectivity index (χ0) is 31.0. The van der Waals surface area contributed by atoms with Crippen LogP contribution in [0.2, 0.25) is 0 Å². The highest BCUT2D eigenvalue weighted by molar-refractivity contribution is 7.20. The smallest absolute Gasteiger partial charge is 0.108 e. The molecule has 0 spiro atoms. The van der Waals surface area contributed by atoms with Gasteiger partial charge in [-0.15, -0.1) is 0 Å². The SMILES string of the molecule is c1ccc(Cc2ccc([B-](c3ccccc3)(c3ccccc3)c3ccccc3)c(Cc3ccccc3)c2Cc2ccccc2)cc1. The zero-order valence-corrected chi connectivity index (χ0v) is 26.2. The summed E-state index contributed by atoms with van der Waals surface area (Å²) in [7, 11) is 0. The molecule has 7 rings (SSSR count). The van der Waals surface area contributed by atoms with E-state index in [1.54, 1.807) is 0 Å². The molecular weight excluding hydrogens is 551 g/mol. The largest absolute Gasteiger partial charge is 0.195 e. The molecule has 222 valence electrons. The van der Waals surface area contributed by atoms with Crippen LogP contribution in [0.15, 0.2) is 194 Å². The van der Waals surface area contributed by atoms with Gasteiger partial charge in [0.25, 0.3) is 0 Å². The maximum absolute atomic E-state index is 2.47. The molecule has 0 saturated carbocycles. The standard InChI is InChI=1S/C45H38B/c1-7-19-36(20-8-1)33-39-31-32-45(44(35-38-23-11-3-12-24-38)43(39)34-37-21-9-2-10-22-37)46(40-25-13-4-14-26-40,41-27-15-5-16-28-41)42-29-17-6-18-30-42/h1-32H,33-35H2/q-1. The van der Waals surface area contributed by atoms with Gasteiger partial charge in [0.05, 0.1) is 0 Å². The summed E-state index contributed by atoms with van der Waals surface area (Å²) < 4.78 is 0. The Hall–Kier alpha value is -5.40. The van der Waals surface area contributed by atoms with Gasteiger partial charge in [0.15, 0.2) is 0 Å². The van der Waals surface area contributed by atoms with E-state index in [9.17, 15) is 0 Å². The highest BCUT2D eigenvalue weighted by atomic mass is 14.2. The summed E-state index contributed by atoms with van der Waals surface area (Å²) in [6.45, 7) is 0. The minimum absolute atomic E-state index is 0.858. The second-order valence-corrected chi connectivity index (χ2v) is 12.4. The third kappa shape index (κ3) is 5.97. The minimum atomic E-state index is -1.53. The number of benzene rings is 7. The first kappa shape index (κ1) is 29.3. The van der Waals surface area contributed by atoms with Crippen molar-refractivity contribution in [2.75, 3.05) is 0 Å². The van der Waals surface area contributed by atoms with E-state index < -0.39 is 6.15 Å². The van der Waals surface area contributed by atoms with Crippen LogP contribution < -0.4 is 21.9 Å². The lowest BCUT2D eigenvalue weighted by molar-refractivity contribution is 1.04. The number of hydrogen-bond acceptors (Lipinski definition) is 0. The first-order valence-electron chi connectivity index (χ1n) is 16.4. The van der Waals surface area contributed by atoms with Crippen LogP contribution in [0.25, 0.3) is 0 Å². The molecule has 1 heteroatoms. The first-order valence-corrected chi connectivity index (χ1v) is 16.4. The van der Waals surface area contributed by atoms with E-state index in [0.717, 1.165) is 19.3 Å². The van der Waals surface area contributed by atoms with Crippen LogP contribution >= 0.6 is 0 Å². The molecule has 0 aliphatic heterocycles. The van der Waals surface area contributed by atoms with E-state index in [1.807, 2.05) is 0 Å². The van der Waals surface area contributed by atoms with E-state index in [-0.39, 0.29) is 0 Å². The van der Waals surface area contributed by atoms with Crippen LogP contribution in [-0.2, 0) is 19.3 Å². The maximum Gasteiger partial charge on any atom is 0.108 e. The Bertz CT molecular complexity index is 1870. The highest BCUT2D eigenvalue weighted by Crippen LogP contribution is 2.26. The fraction of sp³-hybridized carbons (Fsp3) is 0.0667. The summed E-state index contributed by atoms with van der Waals surface area (Å²) >= 11 is 0. The van der Waals surface area contributed by atoms with Crippen LogP contribution in [0, 0.1) is 0 Å². The molecule has 0 aliphatic rings. The van der Waals surface area contributed by atoms with Crippen molar-refractivity contribution in [3.63, 3.8) is 0 Å². The average Bonchev–Trinajstić information content (AvgIpc) is 3.13. The molecule has 7 aromatic rings. The van der Waals surface area contributed by atoms with Crippen LogP contribution in [-0.4, -0.2) is 6.15 Å². The third-order valence-corrected chi connectivity index (χ3v) is 9.61. The second-order valence-electron chi connectivity index (χ2n) is 12.4. The van der Waals surface area contributed by atoms with E-state index in [0.29, 0.717) is 0 Å². The molecule has 0 saturated heterocycles. The molecule has 0 aliphatic carbocycles. The predicted octanol–water partition coefficient (Wildman–Crippen LogP) is 7.84. The minimum Gasteiger partial charge on any atom is -0.195 e. The Balaban J connectivity index is 1.59. The molecule has 0 unspecified atom stereocenters. The van der Waals surface area contributed by atoms with Gasteiger partial charge in [-0.05, 0) is 47.1 Å². The van der Waals surface area contributed by atoms with E-state index >= 15 is 0 Å². The third-order valence-electron chi connectivity index (χ3n) is 9.61. The van der Waals surface area contributed by atoms with E-state index in [1.165, 1.54) is 55.2 Å². The molecular formula is C45H38B-. The molecule has 0 N–H and O–H groups in total. The average molecular weight is 590 g/mol. The van der Waals surface area contributed by atoms with Crippen molar-refractivity contribution in [3.8, 4) is 0 Å². The van der Waals surface area contributed by atoms with E-state index in [4.69, 9.17) is 0 Å². The zero-order valence-electron chi connectivity index (χ0n) is 26.2. The highest BCUT2D eigenvalue weighted by Gasteiger charge is 2.34. The Kier molecular flexibility index (Phi) is 8.74. The quantitative estimate of drug-likeness (QED) is 0.143. The molecule has 46 heavy (non-hydrogen) atoms. The van der Waals surface area contributed by atoms with Gasteiger partial charge in [-0.2, -0.15) is 21.9 Å². The van der Waals surface area contributed by atoms with Crippen LogP contribution in [0.1, 0.15) is 33.4 Å². The number of hydrogen-bond donors (Lipinski definition) is 0. The second kappa shape index (κ2) is 13.7. The monoisotopic (exact) mass is 589 g/mol. The fourth-order valence-corrected chi connectivity index (χ4v) is 7.52. The normalized spacial score (nSPS) is 11.3. The van der Waals surface area contributed by atoms with Crippen molar-refractivity contribution in [2.24, 2.45) is 0 Å². The summed E-state index contributed by atoms with van der Waals surface area (Å²) in [4.78, 5) is 0. The Morgan fingerprint density at radius 3 is 1.00 bits per heavy atom. The summed E-state index contributed by atoms with van der Waals surface area (Å²) in [6.07, 6.45) is 1.10. The lowest BCUT2D eigenvalue weighted by Gasteiger charge is -2.46. The van der Waals surface area contributed by atoms with Crippen molar-refractivity contribution < 1.29 is 0 Å². The van der Waals surface area contributed by atoms with Crippen LogP contribution in [0.3, 0.4) is 0 Å². The van der Waals surface area contributed by atoms with Crippen molar-refractivity contribution >= 4 is 28.0 Å². The van der Waals surface area contributed by atoms with Crippen molar-refractivity contribution in [2.45, 2.75) is 19.3 Å². The predicted molar refractivity (Wildman–Crippen MR) is 198 cm³/mol. The topological polar surface area (TPSA) is 0 Å². The molecule has 0 heterocycles. The van der Waals surface area contributed by atoms with Crippen LogP contribution in [0.5, 0.6) is 0 Å². The van der Waals surface area contributed by atoms with Crippen molar-refractivity contribution in [1.29, 1.82) is 0 Å². The van der Waals surface area contributed by atoms with Gasteiger partial charge in [-0.1, -0.05) is 200 Å². The van der Waals surface area contributed by atoms with Gasteiger partial charge in [0.2, 0.25) is 0 Å². The summed E-state index contributed by atoms with van der Waals surface area (Å²) in [5.41, 5.74) is 13.6. The van der Waals surface area contributed by atoms with Gasteiger partial charge in [0.1, 0.15) is 6.15 Å². The van der Waals surface area contributed by atoms with Gasteiger partial charge < -0.3 is 0 Å². The Morgan fingerprint density at radius 1 is 0.283 bits per heavy atom. The van der Waals surface area contributed by atoms with Crippen molar-refractivity contribution in [1.82, 2.24) is 0 Å². The molecule has 0 fully saturated rings. The summed E-state index contributed by atoms with van der Waals surface area (Å²) in [5.74, 6) is 0. The Labute approximate surface area is 274 Å². The van der Waals surface area contributed by atoms with Crippen molar-refractivity contribution in [3.05, 3.63) is 228 Å². The Morgan fingerprint density at radius 2 is 0.609 bits per heavy atom. The number of rotatable bonds is 10.